The highest BCUT2D eigenvalue weighted by molar-refractivity contribution is 5.76. The third kappa shape index (κ3) is 6.88. The third-order valence-corrected chi connectivity index (χ3v) is 2.71. The summed E-state index contributed by atoms with van der Waals surface area (Å²) in [7, 11) is 3.78. The summed E-state index contributed by atoms with van der Waals surface area (Å²) in [6, 6.07) is 3.80. The van der Waals surface area contributed by atoms with E-state index in [0.717, 1.165) is 5.56 Å². The van der Waals surface area contributed by atoms with Crippen molar-refractivity contribution in [1.82, 2.24) is 15.2 Å². The number of rotatable bonds is 7. The van der Waals surface area contributed by atoms with Crippen molar-refractivity contribution in [1.29, 1.82) is 0 Å². The number of pyridine rings is 1. The quantitative estimate of drug-likeness (QED) is 0.751. The van der Waals surface area contributed by atoms with Gasteiger partial charge in [0.2, 0.25) is 5.91 Å². The summed E-state index contributed by atoms with van der Waals surface area (Å²) >= 11 is 0. The number of aryl methyl sites for hydroxylation is 1. The molecule has 0 aliphatic rings. The SMILES string of the molecule is CN(C)CC(C)(O)CNC(=O)CCc1ccncc1. The van der Waals surface area contributed by atoms with Gasteiger partial charge in [0, 0.05) is 31.9 Å². The molecule has 0 aliphatic heterocycles. The Morgan fingerprint density at radius 2 is 2.05 bits per heavy atom. The van der Waals surface area contributed by atoms with Crippen LogP contribution in [0.5, 0.6) is 0 Å². The second-order valence-corrected chi connectivity index (χ2v) is 5.37. The standard InChI is InChI=1S/C14H23N3O2/c1-14(19,11-17(2)3)10-16-13(18)5-4-12-6-8-15-9-7-12/h6-9,19H,4-5,10-11H2,1-3H3,(H,16,18). The van der Waals surface area contributed by atoms with Crippen molar-refractivity contribution < 1.29 is 9.90 Å². The van der Waals surface area contributed by atoms with E-state index in [9.17, 15) is 9.90 Å². The van der Waals surface area contributed by atoms with Crippen LogP contribution in [0.1, 0.15) is 18.9 Å². The Labute approximate surface area is 114 Å². The highest BCUT2D eigenvalue weighted by Gasteiger charge is 2.21. The monoisotopic (exact) mass is 265 g/mol. The van der Waals surface area contributed by atoms with Gasteiger partial charge in [-0.3, -0.25) is 9.78 Å². The number of aromatic nitrogens is 1. The zero-order valence-corrected chi connectivity index (χ0v) is 11.9. The van der Waals surface area contributed by atoms with Crippen LogP contribution < -0.4 is 5.32 Å². The van der Waals surface area contributed by atoms with E-state index in [4.69, 9.17) is 0 Å². The topological polar surface area (TPSA) is 65.5 Å². The summed E-state index contributed by atoms with van der Waals surface area (Å²) in [4.78, 5) is 17.5. The number of nitrogens with one attached hydrogen (secondary N) is 1. The Hall–Kier alpha value is -1.46. The molecule has 5 heteroatoms. The number of hydrogen-bond acceptors (Lipinski definition) is 4. The van der Waals surface area contributed by atoms with Gasteiger partial charge in [-0.2, -0.15) is 0 Å². The fourth-order valence-electron chi connectivity index (χ4n) is 1.92. The van der Waals surface area contributed by atoms with Crippen LogP contribution in [-0.4, -0.2) is 53.7 Å². The van der Waals surface area contributed by atoms with E-state index in [-0.39, 0.29) is 12.5 Å². The Kier molecular flexibility index (Phi) is 5.92. The lowest BCUT2D eigenvalue weighted by atomic mass is 10.1. The van der Waals surface area contributed by atoms with E-state index < -0.39 is 5.60 Å². The molecule has 1 unspecified atom stereocenters. The van der Waals surface area contributed by atoms with Gasteiger partial charge >= 0.3 is 0 Å². The Morgan fingerprint density at radius 3 is 2.63 bits per heavy atom. The fourth-order valence-corrected chi connectivity index (χ4v) is 1.92. The molecule has 0 bridgehead atoms. The Bertz CT molecular complexity index is 391. The van der Waals surface area contributed by atoms with Gasteiger partial charge in [0.25, 0.3) is 0 Å². The molecule has 0 saturated heterocycles. The first kappa shape index (κ1) is 15.6. The van der Waals surface area contributed by atoms with E-state index in [1.54, 1.807) is 19.3 Å². The van der Waals surface area contributed by atoms with Gasteiger partial charge in [0.05, 0.1) is 5.60 Å². The molecule has 1 amide bonds. The molecule has 0 radical (unpaired) electrons. The van der Waals surface area contributed by atoms with E-state index >= 15 is 0 Å². The van der Waals surface area contributed by atoms with Gasteiger partial charge in [0.15, 0.2) is 0 Å². The minimum Gasteiger partial charge on any atom is -0.387 e. The predicted octanol–water partition coefficient (Wildman–Crippen LogP) is 0.443. The average Bonchev–Trinajstić information content (AvgIpc) is 2.34. The third-order valence-electron chi connectivity index (χ3n) is 2.71. The summed E-state index contributed by atoms with van der Waals surface area (Å²) in [5.41, 5.74) is 0.181. The van der Waals surface area contributed by atoms with E-state index in [0.29, 0.717) is 19.4 Å². The molecule has 0 aliphatic carbocycles. The molecular formula is C14H23N3O2. The zero-order chi connectivity index (χ0) is 14.3. The summed E-state index contributed by atoms with van der Waals surface area (Å²) < 4.78 is 0. The van der Waals surface area contributed by atoms with Crippen LogP contribution in [0.4, 0.5) is 0 Å². The molecule has 1 aromatic heterocycles. The molecule has 0 spiro atoms. The van der Waals surface area contributed by atoms with Crippen molar-refractivity contribution in [2.75, 3.05) is 27.2 Å². The summed E-state index contributed by atoms with van der Waals surface area (Å²) in [6.45, 7) is 2.49. The van der Waals surface area contributed by atoms with E-state index in [1.165, 1.54) is 0 Å². The highest BCUT2D eigenvalue weighted by atomic mass is 16.3. The van der Waals surface area contributed by atoms with Crippen LogP contribution in [0.15, 0.2) is 24.5 Å². The lowest BCUT2D eigenvalue weighted by Gasteiger charge is -2.27. The van der Waals surface area contributed by atoms with E-state index in [1.807, 2.05) is 31.1 Å². The van der Waals surface area contributed by atoms with Gasteiger partial charge in [-0.15, -0.1) is 0 Å². The lowest BCUT2D eigenvalue weighted by Crippen LogP contribution is -2.47. The van der Waals surface area contributed by atoms with Crippen LogP contribution in [0, 0.1) is 0 Å². The minimum absolute atomic E-state index is 0.0455. The van der Waals surface area contributed by atoms with Crippen LogP contribution in [-0.2, 0) is 11.2 Å². The number of carbonyl (C=O) groups excluding carboxylic acids is 1. The second-order valence-electron chi connectivity index (χ2n) is 5.37. The molecule has 0 aromatic carbocycles. The largest absolute Gasteiger partial charge is 0.387 e. The summed E-state index contributed by atoms with van der Waals surface area (Å²) in [5, 5.41) is 12.8. The Balaban J connectivity index is 2.28. The first-order valence-electron chi connectivity index (χ1n) is 6.42. The maximum absolute atomic E-state index is 11.7. The molecule has 1 heterocycles. The normalized spacial score (nSPS) is 14.2. The maximum Gasteiger partial charge on any atom is 0.220 e. The highest BCUT2D eigenvalue weighted by Crippen LogP contribution is 2.04. The van der Waals surface area contributed by atoms with Gasteiger partial charge in [0.1, 0.15) is 0 Å². The summed E-state index contributed by atoms with van der Waals surface area (Å²) in [6.07, 6.45) is 4.54. The predicted molar refractivity (Wildman–Crippen MR) is 74.7 cm³/mol. The molecule has 0 fully saturated rings. The van der Waals surface area contributed by atoms with Crippen molar-refractivity contribution in [3.8, 4) is 0 Å². The zero-order valence-electron chi connectivity index (χ0n) is 11.9. The molecule has 2 N–H and O–H groups in total. The number of carbonyl (C=O) groups is 1. The summed E-state index contributed by atoms with van der Waals surface area (Å²) in [5.74, 6) is -0.0455. The second kappa shape index (κ2) is 7.21. The molecule has 19 heavy (non-hydrogen) atoms. The molecule has 1 atom stereocenters. The van der Waals surface area contributed by atoms with Gasteiger partial charge in [-0.1, -0.05) is 0 Å². The van der Waals surface area contributed by atoms with Crippen LogP contribution in [0.2, 0.25) is 0 Å². The number of nitrogens with zero attached hydrogens (tertiary/aromatic N) is 2. The number of aliphatic hydroxyl groups is 1. The van der Waals surface area contributed by atoms with Crippen molar-refractivity contribution in [2.45, 2.75) is 25.4 Å². The van der Waals surface area contributed by atoms with Crippen LogP contribution in [0.25, 0.3) is 0 Å². The van der Waals surface area contributed by atoms with Gasteiger partial charge in [-0.25, -0.2) is 0 Å². The molecule has 0 saturated carbocycles. The van der Waals surface area contributed by atoms with Crippen molar-refractivity contribution in [2.24, 2.45) is 0 Å². The molecular weight excluding hydrogens is 242 g/mol. The molecule has 5 nitrogen and oxygen atoms in total. The van der Waals surface area contributed by atoms with Crippen molar-refractivity contribution in [3.05, 3.63) is 30.1 Å². The fraction of sp³-hybridized carbons (Fsp3) is 0.571. The van der Waals surface area contributed by atoms with Crippen molar-refractivity contribution in [3.63, 3.8) is 0 Å². The van der Waals surface area contributed by atoms with E-state index in [2.05, 4.69) is 10.3 Å². The van der Waals surface area contributed by atoms with Crippen LogP contribution >= 0.6 is 0 Å². The van der Waals surface area contributed by atoms with Gasteiger partial charge < -0.3 is 15.3 Å². The average molecular weight is 265 g/mol. The molecule has 1 rings (SSSR count). The maximum atomic E-state index is 11.7. The smallest absolute Gasteiger partial charge is 0.220 e. The minimum atomic E-state index is -0.907. The lowest BCUT2D eigenvalue weighted by molar-refractivity contribution is -0.122. The number of hydrogen-bond donors (Lipinski definition) is 2. The Morgan fingerprint density at radius 1 is 1.42 bits per heavy atom. The molecule has 106 valence electrons. The number of likely N-dealkylation sites (N-methyl/N-ethyl adjacent to an activating group) is 1. The first-order valence-corrected chi connectivity index (χ1v) is 6.42. The van der Waals surface area contributed by atoms with Crippen molar-refractivity contribution >= 4 is 5.91 Å². The molecule has 1 aromatic rings. The van der Waals surface area contributed by atoms with Crippen LogP contribution in [0.3, 0.4) is 0 Å². The number of amides is 1. The van der Waals surface area contributed by atoms with Gasteiger partial charge in [-0.05, 0) is 45.1 Å². The first-order chi connectivity index (χ1) is 8.89.